The number of hydrogen-bond acceptors (Lipinski definition) is 0. The molecule has 0 heterocycles. The fraction of sp³-hybridized carbons (Fsp3) is 0.316. The summed E-state index contributed by atoms with van der Waals surface area (Å²) < 4.78 is 0. The van der Waals surface area contributed by atoms with E-state index in [2.05, 4.69) is 106 Å². The zero-order valence-electron chi connectivity index (χ0n) is 25.9. The van der Waals surface area contributed by atoms with Crippen molar-refractivity contribution in [3.8, 4) is 11.1 Å². The highest BCUT2D eigenvalue weighted by Crippen LogP contribution is 2.61. The number of aryl methyl sites for hydroxylation is 1. The van der Waals surface area contributed by atoms with Gasteiger partial charge >= 0.3 is 0 Å². The molecule has 5 rings (SSSR count). The maximum Gasteiger partial charge on any atom is 0.0722 e. The van der Waals surface area contributed by atoms with Crippen molar-refractivity contribution in [1.82, 2.24) is 0 Å². The van der Waals surface area contributed by atoms with E-state index in [1.54, 1.807) is 0 Å². The molecule has 0 N–H and O–H groups in total. The van der Waals surface area contributed by atoms with Crippen LogP contribution >= 0.6 is 0 Å². The van der Waals surface area contributed by atoms with E-state index in [1.807, 2.05) is 67.5 Å². The predicted molar refractivity (Wildman–Crippen MR) is 174 cm³/mol. The highest BCUT2D eigenvalue weighted by molar-refractivity contribution is 5.95. The first-order valence-electron chi connectivity index (χ1n) is 14.4. The van der Waals surface area contributed by atoms with Crippen LogP contribution in [-0.4, -0.2) is 0 Å². The molecule has 0 aromatic heterocycles. The second kappa shape index (κ2) is 15.8. The molecule has 202 valence electrons. The highest BCUT2D eigenvalue weighted by atomic mass is 14.5. The third kappa shape index (κ3) is 5.86. The first kappa shape index (κ1) is 32.6. The maximum atomic E-state index is 3.56. The van der Waals surface area contributed by atoms with E-state index in [0.29, 0.717) is 0 Å². The molecule has 0 heteroatoms. The minimum atomic E-state index is -0.189. The van der Waals surface area contributed by atoms with Crippen LogP contribution in [0.4, 0.5) is 0 Å². The van der Waals surface area contributed by atoms with Gasteiger partial charge in [-0.2, -0.15) is 0 Å². The topological polar surface area (TPSA) is 0 Å². The van der Waals surface area contributed by atoms with E-state index in [1.165, 1.54) is 55.7 Å². The van der Waals surface area contributed by atoms with Crippen molar-refractivity contribution in [3.05, 3.63) is 137 Å². The molecule has 0 saturated carbocycles. The molecule has 0 bridgehead atoms. The fourth-order valence-electron chi connectivity index (χ4n) is 5.22. The summed E-state index contributed by atoms with van der Waals surface area (Å²) in [6.07, 6.45) is 8.36. The van der Waals surface area contributed by atoms with Crippen LogP contribution in [0, 0.1) is 6.92 Å². The van der Waals surface area contributed by atoms with Gasteiger partial charge in [0.1, 0.15) is 0 Å². The lowest BCUT2D eigenvalue weighted by Crippen LogP contribution is -2.26. The molecule has 2 aliphatic carbocycles. The van der Waals surface area contributed by atoms with Gasteiger partial charge in [-0.25, -0.2) is 0 Å². The molecule has 0 radical (unpaired) electrons. The van der Waals surface area contributed by atoms with Crippen LogP contribution in [0.25, 0.3) is 16.7 Å². The van der Waals surface area contributed by atoms with E-state index in [-0.39, 0.29) is 5.41 Å². The van der Waals surface area contributed by atoms with Crippen molar-refractivity contribution in [2.75, 3.05) is 0 Å². The van der Waals surface area contributed by atoms with Crippen molar-refractivity contribution in [1.29, 1.82) is 0 Å². The van der Waals surface area contributed by atoms with Crippen LogP contribution in [0.2, 0.25) is 0 Å². The smallest absolute Gasteiger partial charge is 0.0722 e. The Morgan fingerprint density at radius 1 is 0.684 bits per heavy atom. The van der Waals surface area contributed by atoms with E-state index in [4.69, 9.17) is 0 Å². The summed E-state index contributed by atoms with van der Waals surface area (Å²) in [6.45, 7) is 26.2. The minimum absolute atomic E-state index is 0.189. The predicted octanol–water partition coefficient (Wildman–Crippen LogP) is 11.9. The summed E-state index contributed by atoms with van der Waals surface area (Å²) in [4.78, 5) is 0. The molecule has 0 nitrogen and oxygen atoms in total. The summed E-state index contributed by atoms with van der Waals surface area (Å²) in [5, 5.41) is 0. The van der Waals surface area contributed by atoms with Gasteiger partial charge in [0, 0.05) is 0 Å². The SMILES string of the molecule is C/C=C\C1=C(C)c2ccccc2C12c1ccccc1-c1ccc(C)cc12.C=C/C(C)=C\C.CC.CC.CC. The minimum Gasteiger partial charge on any atom is -0.0988 e. The van der Waals surface area contributed by atoms with Gasteiger partial charge in [-0.05, 0) is 79.1 Å². The largest absolute Gasteiger partial charge is 0.0988 e. The van der Waals surface area contributed by atoms with Crippen molar-refractivity contribution in [2.45, 2.75) is 81.6 Å². The van der Waals surface area contributed by atoms with Gasteiger partial charge in [-0.3, -0.25) is 0 Å². The Bertz CT molecular complexity index is 1280. The van der Waals surface area contributed by atoms with Crippen LogP contribution in [0.15, 0.2) is 109 Å². The Kier molecular flexibility index (Phi) is 13.6. The maximum absolute atomic E-state index is 3.56. The zero-order chi connectivity index (χ0) is 28.9. The summed E-state index contributed by atoms with van der Waals surface area (Å²) in [7, 11) is 0. The Balaban J connectivity index is 0.000000521. The Morgan fingerprint density at radius 3 is 1.68 bits per heavy atom. The molecule has 0 aliphatic heterocycles. The average Bonchev–Trinajstić information content (AvgIpc) is 3.42. The molecule has 38 heavy (non-hydrogen) atoms. The quantitative estimate of drug-likeness (QED) is 0.303. The Labute approximate surface area is 234 Å². The molecule has 3 aromatic rings. The van der Waals surface area contributed by atoms with Crippen molar-refractivity contribution in [3.63, 3.8) is 0 Å². The molecule has 3 aromatic carbocycles. The first-order valence-corrected chi connectivity index (χ1v) is 14.4. The van der Waals surface area contributed by atoms with Crippen LogP contribution in [0.5, 0.6) is 0 Å². The molecule has 0 fully saturated rings. The van der Waals surface area contributed by atoms with Crippen LogP contribution in [0.3, 0.4) is 0 Å². The van der Waals surface area contributed by atoms with Crippen LogP contribution < -0.4 is 0 Å². The fourth-order valence-corrected chi connectivity index (χ4v) is 5.22. The van der Waals surface area contributed by atoms with E-state index in [0.717, 1.165) is 0 Å². The number of hydrogen-bond donors (Lipinski definition) is 0. The monoisotopic (exact) mass is 506 g/mol. The lowest BCUT2D eigenvalue weighted by atomic mass is 9.69. The molecular weight excluding hydrogens is 456 g/mol. The van der Waals surface area contributed by atoms with Gasteiger partial charge in [0.2, 0.25) is 0 Å². The molecule has 0 amide bonds. The first-order chi connectivity index (χ1) is 18.5. The van der Waals surface area contributed by atoms with Gasteiger partial charge in [-0.1, -0.05) is 150 Å². The molecule has 0 saturated heterocycles. The summed E-state index contributed by atoms with van der Waals surface area (Å²) in [5.74, 6) is 0. The van der Waals surface area contributed by atoms with Gasteiger partial charge in [0.05, 0.1) is 5.41 Å². The second-order valence-corrected chi connectivity index (χ2v) is 8.67. The summed E-state index contributed by atoms with van der Waals surface area (Å²) >= 11 is 0. The standard InChI is InChI=1S/C26H22.C6H10.3C2H6/c1-4-9-22-18(3)19-10-5-7-12-23(19)26(22)24-13-8-6-11-20(24)21-15-14-17(2)16-25(21)26;1-4-6(3)5-2;3*1-2/h4-16H,1-3H3;4-5H,1H2,2-3H3;3*1-2H3/b9-4-;6-5-;;;. The Hall–Kier alpha value is -3.38. The molecule has 1 unspecified atom stereocenters. The number of rotatable bonds is 2. The van der Waals surface area contributed by atoms with Crippen molar-refractivity contribution in [2.24, 2.45) is 0 Å². The molecule has 1 spiro atoms. The van der Waals surface area contributed by atoms with E-state index < -0.39 is 0 Å². The van der Waals surface area contributed by atoms with Gasteiger partial charge < -0.3 is 0 Å². The summed E-state index contributed by atoms with van der Waals surface area (Å²) in [6, 6.07) is 24.8. The zero-order valence-corrected chi connectivity index (χ0v) is 25.9. The second-order valence-electron chi connectivity index (χ2n) is 8.67. The van der Waals surface area contributed by atoms with Crippen molar-refractivity contribution >= 4 is 5.57 Å². The molecule has 1 atom stereocenters. The summed E-state index contributed by atoms with van der Waals surface area (Å²) in [5.41, 5.74) is 13.5. The van der Waals surface area contributed by atoms with Gasteiger partial charge in [-0.15, -0.1) is 0 Å². The van der Waals surface area contributed by atoms with Crippen LogP contribution in [-0.2, 0) is 5.41 Å². The Morgan fingerprint density at radius 2 is 1.18 bits per heavy atom. The highest BCUT2D eigenvalue weighted by Gasteiger charge is 2.51. The van der Waals surface area contributed by atoms with Crippen molar-refractivity contribution < 1.29 is 0 Å². The third-order valence-electron chi connectivity index (χ3n) is 6.85. The number of fused-ring (bicyclic) bond motifs is 7. The van der Waals surface area contributed by atoms with Gasteiger partial charge in [0.15, 0.2) is 0 Å². The lowest BCUT2D eigenvalue weighted by Gasteiger charge is -2.31. The molecule has 2 aliphatic rings. The average molecular weight is 507 g/mol. The third-order valence-corrected chi connectivity index (χ3v) is 6.85. The lowest BCUT2D eigenvalue weighted by molar-refractivity contribution is 0.784. The molecular formula is C38H50. The van der Waals surface area contributed by atoms with Crippen LogP contribution in [0.1, 0.15) is 97.1 Å². The van der Waals surface area contributed by atoms with E-state index in [9.17, 15) is 0 Å². The van der Waals surface area contributed by atoms with Gasteiger partial charge in [0.25, 0.3) is 0 Å². The number of benzene rings is 3. The number of allylic oxidation sites excluding steroid dienone is 7. The normalized spacial score (nSPS) is 15.9. The van der Waals surface area contributed by atoms with E-state index >= 15 is 0 Å².